The molecule has 1 aromatic carbocycles. The highest BCUT2D eigenvalue weighted by Crippen LogP contribution is 2.36. The van der Waals surface area contributed by atoms with E-state index in [-0.39, 0.29) is 6.04 Å². The average molecular weight is 240 g/mol. The third-order valence-corrected chi connectivity index (χ3v) is 3.44. The molecule has 0 amide bonds. The molecule has 0 spiro atoms. The summed E-state index contributed by atoms with van der Waals surface area (Å²) in [6.45, 7) is 0. The van der Waals surface area contributed by atoms with Crippen molar-refractivity contribution >= 4 is 15.9 Å². The number of halogens is 1. The Kier molecular flexibility index (Phi) is 2.70. The molecule has 1 fully saturated rings. The maximum Gasteiger partial charge on any atom is 0.0323 e. The Hall–Kier alpha value is -0.340. The Morgan fingerprint density at radius 3 is 2.31 bits per heavy atom. The summed E-state index contributed by atoms with van der Waals surface area (Å²) in [4.78, 5) is 0. The molecule has 2 heteroatoms. The normalized spacial score (nSPS) is 19.5. The van der Waals surface area contributed by atoms with Gasteiger partial charge in [0.05, 0.1) is 0 Å². The average Bonchev–Trinajstić information content (AvgIpc) is 2.02. The third kappa shape index (κ3) is 1.94. The molecule has 70 valence electrons. The van der Waals surface area contributed by atoms with Crippen molar-refractivity contribution in [3.05, 3.63) is 34.3 Å². The van der Waals surface area contributed by atoms with Crippen molar-refractivity contribution in [2.75, 3.05) is 0 Å². The lowest BCUT2D eigenvalue weighted by atomic mass is 9.78. The Balaban J connectivity index is 2.10. The Bertz CT molecular complexity index is 277. The van der Waals surface area contributed by atoms with Gasteiger partial charge in [0.25, 0.3) is 0 Å². The fourth-order valence-electron chi connectivity index (χ4n) is 1.76. The monoisotopic (exact) mass is 239 g/mol. The van der Waals surface area contributed by atoms with E-state index in [9.17, 15) is 0 Å². The van der Waals surface area contributed by atoms with Crippen molar-refractivity contribution in [3.8, 4) is 0 Å². The smallest absolute Gasteiger partial charge is 0.0323 e. The van der Waals surface area contributed by atoms with E-state index in [1.54, 1.807) is 0 Å². The number of benzene rings is 1. The van der Waals surface area contributed by atoms with Crippen LogP contribution in [0.15, 0.2) is 28.7 Å². The zero-order valence-corrected chi connectivity index (χ0v) is 9.13. The van der Waals surface area contributed by atoms with E-state index in [2.05, 4.69) is 40.2 Å². The topological polar surface area (TPSA) is 26.0 Å². The summed E-state index contributed by atoms with van der Waals surface area (Å²) in [7, 11) is 0. The molecule has 2 rings (SSSR count). The van der Waals surface area contributed by atoms with Crippen LogP contribution >= 0.6 is 15.9 Å². The van der Waals surface area contributed by atoms with Crippen LogP contribution in [0.5, 0.6) is 0 Å². The van der Waals surface area contributed by atoms with Crippen molar-refractivity contribution in [3.63, 3.8) is 0 Å². The molecule has 1 nitrogen and oxygen atoms in total. The second-order valence-corrected chi connectivity index (χ2v) is 4.68. The van der Waals surface area contributed by atoms with Crippen LogP contribution in [-0.4, -0.2) is 0 Å². The van der Waals surface area contributed by atoms with Gasteiger partial charge in [-0.1, -0.05) is 34.5 Å². The number of rotatable bonds is 2. The zero-order chi connectivity index (χ0) is 9.26. The molecule has 0 radical (unpaired) electrons. The second-order valence-electron chi connectivity index (χ2n) is 3.77. The minimum atomic E-state index is 0.252. The van der Waals surface area contributed by atoms with E-state index in [1.807, 2.05) is 0 Å². The summed E-state index contributed by atoms with van der Waals surface area (Å²) < 4.78 is 1.12. The summed E-state index contributed by atoms with van der Waals surface area (Å²) in [6.07, 6.45) is 3.96. The molecule has 1 saturated carbocycles. The van der Waals surface area contributed by atoms with Crippen molar-refractivity contribution in [1.82, 2.24) is 0 Å². The molecule has 2 N–H and O–H groups in total. The maximum absolute atomic E-state index is 6.14. The van der Waals surface area contributed by atoms with Crippen LogP contribution in [-0.2, 0) is 0 Å². The summed E-state index contributed by atoms with van der Waals surface area (Å²) in [5.41, 5.74) is 7.41. The van der Waals surface area contributed by atoms with Crippen molar-refractivity contribution in [2.24, 2.45) is 11.7 Å². The van der Waals surface area contributed by atoms with Crippen molar-refractivity contribution in [2.45, 2.75) is 25.3 Å². The van der Waals surface area contributed by atoms with Gasteiger partial charge >= 0.3 is 0 Å². The van der Waals surface area contributed by atoms with Gasteiger partial charge in [0.1, 0.15) is 0 Å². The first-order chi connectivity index (χ1) is 6.27. The van der Waals surface area contributed by atoms with E-state index in [1.165, 1.54) is 24.8 Å². The van der Waals surface area contributed by atoms with E-state index >= 15 is 0 Å². The Morgan fingerprint density at radius 2 is 1.85 bits per heavy atom. The van der Waals surface area contributed by atoms with Gasteiger partial charge in [0.15, 0.2) is 0 Å². The predicted octanol–water partition coefficient (Wildman–Crippen LogP) is 3.25. The molecule has 1 unspecified atom stereocenters. The van der Waals surface area contributed by atoms with Gasteiger partial charge in [0, 0.05) is 10.5 Å². The van der Waals surface area contributed by atoms with Gasteiger partial charge in [-0.05, 0) is 36.5 Å². The molecule has 0 aromatic heterocycles. The van der Waals surface area contributed by atoms with E-state index in [0.717, 1.165) is 10.4 Å². The Morgan fingerprint density at radius 1 is 1.23 bits per heavy atom. The van der Waals surface area contributed by atoms with Crippen LogP contribution in [0.25, 0.3) is 0 Å². The maximum atomic E-state index is 6.14. The van der Waals surface area contributed by atoms with Crippen LogP contribution in [0.2, 0.25) is 0 Å². The number of nitrogens with two attached hydrogens (primary N) is 1. The minimum Gasteiger partial charge on any atom is -0.324 e. The lowest BCUT2D eigenvalue weighted by molar-refractivity contribution is 0.264. The largest absolute Gasteiger partial charge is 0.324 e. The second kappa shape index (κ2) is 3.81. The highest BCUT2D eigenvalue weighted by molar-refractivity contribution is 9.10. The first-order valence-electron chi connectivity index (χ1n) is 4.78. The third-order valence-electron chi connectivity index (χ3n) is 2.91. The predicted molar refractivity (Wildman–Crippen MR) is 58.4 cm³/mol. The molecule has 0 aliphatic heterocycles. The molecule has 1 atom stereocenters. The minimum absolute atomic E-state index is 0.252. The van der Waals surface area contributed by atoms with Crippen LogP contribution in [0.1, 0.15) is 30.9 Å². The summed E-state index contributed by atoms with van der Waals surface area (Å²) in [5, 5.41) is 0. The lowest BCUT2D eigenvalue weighted by Gasteiger charge is -2.31. The summed E-state index contributed by atoms with van der Waals surface area (Å²) >= 11 is 3.42. The molecule has 1 aromatic rings. The molecule has 0 saturated heterocycles. The zero-order valence-electron chi connectivity index (χ0n) is 7.54. The van der Waals surface area contributed by atoms with Gasteiger partial charge in [-0.3, -0.25) is 0 Å². The van der Waals surface area contributed by atoms with E-state index in [4.69, 9.17) is 5.73 Å². The molecular formula is C11H14BrN. The van der Waals surface area contributed by atoms with Crippen molar-refractivity contribution in [1.29, 1.82) is 0 Å². The first-order valence-corrected chi connectivity index (χ1v) is 5.58. The standard InChI is InChI=1S/C11H14BrN/c12-10-6-4-9(5-7-10)11(13)8-2-1-3-8/h4-8,11H,1-3,13H2. The van der Waals surface area contributed by atoms with Crippen LogP contribution < -0.4 is 5.73 Å². The quantitative estimate of drug-likeness (QED) is 0.843. The first kappa shape index (κ1) is 9.22. The van der Waals surface area contributed by atoms with Crippen LogP contribution in [0.3, 0.4) is 0 Å². The number of hydrogen-bond acceptors (Lipinski definition) is 1. The van der Waals surface area contributed by atoms with Gasteiger partial charge in [-0.25, -0.2) is 0 Å². The summed E-state index contributed by atoms with van der Waals surface area (Å²) in [6, 6.07) is 8.61. The highest BCUT2D eigenvalue weighted by Gasteiger charge is 2.25. The highest BCUT2D eigenvalue weighted by atomic mass is 79.9. The van der Waals surface area contributed by atoms with Crippen LogP contribution in [0, 0.1) is 5.92 Å². The van der Waals surface area contributed by atoms with Crippen molar-refractivity contribution < 1.29 is 0 Å². The molecule has 1 aliphatic carbocycles. The molecular weight excluding hydrogens is 226 g/mol. The lowest BCUT2D eigenvalue weighted by Crippen LogP contribution is -2.26. The van der Waals surface area contributed by atoms with Gasteiger partial charge in [-0.15, -0.1) is 0 Å². The van der Waals surface area contributed by atoms with Gasteiger partial charge in [-0.2, -0.15) is 0 Å². The van der Waals surface area contributed by atoms with Gasteiger partial charge in [0.2, 0.25) is 0 Å². The Labute approximate surface area is 87.5 Å². The molecule has 0 heterocycles. The molecule has 13 heavy (non-hydrogen) atoms. The van der Waals surface area contributed by atoms with Gasteiger partial charge < -0.3 is 5.73 Å². The number of hydrogen-bond donors (Lipinski definition) is 1. The summed E-state index contributed by atoms with van der Waals surface area (Å²) in [5.74, 6) is 0.723. The van der Waals surface area contributed by atoms with E-state index < -0.39 is 0 Å². The van der Waals surface area contributed by atoms with E-state index in [0.29, 0.717) is 0 Å². The SMILES string of the molecule is NC(c1ccc(Br)cc1)C1CCC1. The fraction of sp³-hybridized carbons (Fsp3) is 0.455. The van der Waals surface area contributed by atoms with Crippen LogP contribution in [0.4, 0.5) is 0 Å². The molecule has 1 aliphatic rings. The fourth-order valence-corrected chi connectivity index (χ4v) is 2.02. The molecule has 0 bridgehead atoms.